The molecule has 0 aromatic heterocycles. The molecule has 5 nitrogen and oxygen atoms in total. The van der Waals surface area contributed by atoms with Crippen LogP contribution >= 0.6 is 0 Å². The van der Waals surface area contributed by atoms with Gasteiger partial charge in [-0.3, -0.25) is 4.79 Å². The SMILES string of the molecule is CCCOc1ccc(C(=O)Nc2cc(C)ccc2OC)cc1OCC. The van der Waals surface area contributed by atoms with Crippen LogP contribution in [0.5, 0.6) is 17.2 Å². The Morgan fingerprint density at radius 1 is 1.00 bits per heavy atom. The molecule has 1 N–H and O–H groups in total. The van der Waals surface area contributed by atoms with Gasteiger partial charge >= 0.3 is 0 Å². The fourth-order valence-corrected chi connectivity index (χ4v) is 2.36. The number of methoxy groups -OCH3 is 1. The van der Waals surface area contributed by atoms with Gasteiger partial charge in [0.1, 0.15) is 5.75 Å². The van der Waals surface area contributed by atoms with Gasteiger partial charge in [0.25, 0.3) is 5.91 Å². The van der Waals surface area contributed by atoms with Crippen molar-refractivity contribution in [2.75, 3.05) is 25.6 Å². The molecule has 0 aliphatic rings. The molecule has 0 saturated heterocycles. The zero-order chi connectivity index (χ0) is 18.2. The van der Waals surface area contributed by atoms with Crippen LogP contribution in [0.4, 0.5) is 5.69 Å². The fraction of sp³-hybridized carbons (Fsp3) is 0.350. The monoisotopic (exact) mass is 343 g/mol. The molecule has 0 radical (unpaired) electrons. The average Bonchev–Trinajstić information content (AvgIpc) is 2.61. The van der Waals surface area contributed by atoms with Crippen LogP contribution in [0.15, 0.2) is 36.4 Å². The van der Waals surface area contributed by atoms with Crippen LogP contribution in [0, 0.1) is 6.92 Å². The van der Waals surface area contributed by atoms with Crippen molar-refractivity contribution in [2.45, 2.75) is 27.2 Å². The van der Waals surface area contributed by atoms with E-state index < -0.39 is 0 Å². The van der Waals surface area contributed by atoms with Crippen LogP contribution in [0.25, 0.3) is 0 Å². The standard InChI is InChI=1S/C20H25NO4/c1-5-11-25-18-10-8-15(13-19(18)24-6-2)20(22)21-16-12-14(3)7-9-17(16)23-4/h7-10,12-13H,5-6,11H2,1-4H3,(H,21,22). The van der Waals surface area contributed by atoms with Crippen molar-refractivity contribution >= 4 is 11.6 Å². The number of hydrogen-bond donors (Lipinski definition) is 1. The highest BCUT2D eigenvalue weighted by Gasteiger charge is 2.14. The maximum atomic E-state index is 12.6. The molecule has 25 heavy (non-hydrogen) atoms. The van der Waals surface area contributed by atoms with E-state index >= 15 is 0 Å². The molecule has 1 amide bonds. The third-order valence-corrected chi connectivity index (χ3v) is 3.57. The lowest BCUT2D eigenvalue weighted by Crippen LogP contribution is -2.13. The van der Waals surface area contributed by atoms with Crippen LogP contribution in [0.2, 0.25) is 0 Å². The summed E-state index contributed by atoms with van der Waals surface area (Å²) < 4.78 is 16.6. The van der Waals surface area contributed by atoms with Crippen molar-refractivity contribution in [3.63, 3.8) is 0 Å². The molecular formula is C20H25NO4. The molecule has 0 saturated carbocycles. The number of carbonyl (C=O) groups excluding carboxylic acids is 1. The highest BCUT2D eigenvalue weighted by molar-refractivity contribution is 6.05. The van der Waals surface area contributed by atoms with Gasteiger partial charge in [-0.05, 0) is 56.2 Å². The van der Waals surface area contributed by atoms with Crippen LogP contribution in [0.1, 0.15) is 36.2 Å². The Morgan fingerprint density at radius 2 is 1.76 bits per heavy atom. The van der Waals surface area contributed by atoms with Crippen molar-refractivity contribution in [1.29, 1.82) is 0 Å². The van der Waals surface area contributed by atoms with Crippen LogP contribution in [0.3, 0.4) is 0 Å². The molecule has 0 fully saturated rings. The summed E-state index contributed by atoms with van der Waals surface area (Å²) in [5.74, 6) is 1.60. The molecule has 0 atom stereocenters. The lowest BCUT2D eigenvalue weighted by atomic mass is 10.1. The summed E-state index contributed by atoms with van der Waals surface area (Å²) in [6, 6.07) is 10.8. The molecule has 2 rings (SSSR count). The van der Waals surface area contributed by atoms with Crippen LogP contribution < -0.4 is 19.5 Å². The summed E-state index contributed by atoms with van der Waals surface area (Å²) in [5.41, 5.74) is 2.17. The molecule has 0 bridgehead atoms. The Morgan fingerprint density at radius 3 is 2.44 bits per heavy atom. The number of benzene rings is 2. The van der Waals surface area contributed by atoms with E-state index in [9.17, 15) is 4.79 Å². The first-order valence-corrected chi connectivity index (χ1v) is 8.44. The van der Waals surface area contributed by atoms with Gasteiger partial charge in [-0.25, -0.2) is 0 Å². The molecular weight excluding hydrogens is 318 g/mol. The first kappa shape index (κ1) is 18.6. The minimum Gasteiger partial charge on any atom is -0.495 e. The molecule has 0 spiro atoms. The Labute approximate surface area is 148 Å². The smallest absolute Gasteiger partial charge is 0.255 e. The summed E-state index contributed by atoms with van der Waals surface area (Å²) in [7, 11) is 1.58. The van der Waals surface area contributed by atoms with E-state index in [1.54, 1.807) is 25.3 Å². The van der Waals surface area contributed by atoms with E-state index in [4.69, 9.17) is 14.2 Å². The Balaban J connectivity index is 2.24. The summed E-state index contributed by atoms with van der Waals surface area (Å²) >= 11 is 0. The maximum absolute atomic E-state index is 12.6. The minimum atomic E-state index is -0.230. The molecule has 0 heterocycles. The third-order valence-electron chi connectivity index (χ3n) is 3.57. The lowest BCUT2D eigenvalue weighted by molar-refractivity contribution is 0.102. The van der Waals surface area contributed by atoms with Crippen molar-refractivity contribution in [2.24, 2.45) is 0 Å². The first-order valence-electron chi connectivity index (χ1n) is 8.44. The van der Waals surface area contributed by atoms with Gasteiger partial charge < -0.3 is 19.5 Å². The summed E-state index contributed by atoms with van der Waals surface area (Å²) in [6.07, 6.45) is 0.904. The Kier molecular flexibility index (Phi) is 6.69. The second-order valence-electron chi connectivity index (χ2n) is 5.60. The normalized spacial score (nSPS) is 10.2. The van der Waals surface area contributed by atoms with Crippen molar-refractivity contribution < 1.29 is 19.0 Å². The van der Waals surface area contributed by atoms with Crippen LogP contribution in [-0.2, 0) is 0 Å². The predicted octanol–water partition coefficient (Wildman–Crippen LogP) is 4.44. The van der Waals surface area contributed by atoms with Crippen molar-refractivity contribution in [1.82, 2.24) is 0 Å². The highest BCUT2D eigenvalue weighted by atomic mass is 16.5. The maximum Gasteiger partial charge on any atom is 0.255 e. The number of aryl methyl sites for hydroxylation is 1. The van der Waals surface area contributed by atoms with E-state index in [2.05, 4.69) is 5.32 Å². The topological polar surface area (TPSA) is 56.8 Å². The van der Waals surface area contributed by atoms with Gasteiger partial charge in [-0.1, -0.05) is 13.0 Å². The predicted molar refractivity (Wildman–Crippen MR) is 99.1 cm³/mol. The second kappa shape index (κ2) is 8.97. The van der Waals surface area contributed by atoms with E-state index in [0.717, 1.165) is 12.0 Å². The Hall–Kier alpha value is -2.69. The van der Waals surface area contributed by atoms with Gasteiger partial charge in [-0.15, -0.1) is 0 Å². The number of hydrogen-bond acceptors (Lipinski definition) is 4. The minimum absolute atomic E-state index is 0.230. The average molecular weight is 343 g/mol. The van der Waals surface area contributed by atoms with Gasteiger partial charge in [0.05, 0.1) is 26.0 Å². The Bertz CT molecular complexity index is 728. The number of carbonyl (C=O) groups is 1. The number of nitrogens with one attached hydrogen (secondary N) is 1. The van der Waals surface area contributed by atoms with E-state index in [0.29, 0.717) is 41.7 Å². The van der Waals surface area contributed by atoms with Crippen LogP contribution in [-0.4, -0.2) is 26.2 Å². The van der Waals surface area contributed by atoms with Crippen molar-refractivity contribution in [3.8, 4) is 17.2 Å². The summed E-state index contributed by atoms with van der Waals surface area (Å²) in [4.78, 5) is 12.6. The van der Waals surface area contributed by atoms with Gasteiger partial charge in [-0.2, -0.15) is 0 Å². The summed E-state index contributed by atoms with van der Waals surface area (Å²) in [6.45, 7) is 7.00. The van der Waals surface area contributed by atoms with E-state index in [1.807, 2.05) is 39.0 Å². The molecule has 0 aliphatic heterocycles. The number of amides is 1. The zero-order valence-electron chi connectivity index (χ0n) is 15.2. The zero-order valence-corrected chi connectivity index (χ0v) is 15.2. The molecule has 0 unspecified atom stereocenters. The molecule has 134 valence electrons. The third kappa shape index (κ3) is 4.89. The number of rotatable bonds is 8. The second-order valence-corrected chi connectivity index (χ2v) is 5.60. The molecule has 2 aromatic carbocycles. The van der Waals surface area contributed by atoms with Gasteiger partial charge in [0.2, 0.25) is 0 Å². The molecule has 5 heteroatoms. The van der Waals surface area contributed by atoms with Gasteiger partial charge in [0, 0.05) is 5.56 Å². The highest BCUT2D eigenvalue weighted by Crippen LogP contribution is 2.30. The van der Waals surface area contributed by atoms with Crippen molar-refractivity contribution in [3.05, 3.63) is 47.5 Å². The van der Waals surface area contributed by atoms with E-state index in [1.165, 1.54) is 0 Å². The quantitative estimate of drug-likeness (QED) is 0.770. The molecule has 2 aromatic rings. The molecule has 0 aliphatic carbocycles. The largest absolute Gasteiger partial charge is 0.495 e. The summed E-state index contributed by atoms with van der Waals surface area (Å²) in [5, 5.41) is 2.89. The lowest BCUT2D eigenvalue weighted by Gasteiger charge is -2.14. The first-order chi connectivity index (χ1) is 12.1. The van der Waals surface area contributed by atoms with E-state index in [-0.39, 0.29) is 5.91 Å². The van der Waals surface area contributed by atoms with Gasteiger partial charge in [0.15, 0.2) is 11.5 Å². The number of ether oxygens (including phenoxy) is 3. The number of anilines is 1. The fourth-order valence-electron chi connectivity index (χ4n) is 2.36.